The van der Waals surface area contributed by atoms with Crippen molar-refractivity contribution in [3.8, 4) is 11.5 Å². The Hall–Kier alpha value is -2.20. The van der Waals surface area contributed by atoms with Gasteiger partial charge in [-0.3, -0.25) is 0 Å². The molecule has 26 heavy (non-hydrogen) atoms. The number of para-hydroxylation sites is 1. The maximum absolute atomic E-state index is 5.99. The molecule has 0 unspecified atom stereocenters. The minimum Gasteiger partial charge on any atom is -0.491 e. The van der Waals surface area contributed by atoms with Crippen LogP contribution in [0.5, 0.6) is 11.5 Å². The third kappa shape index (κ3) is 6.60. The van der Waals surface area contributed by atoms with Gasteiger partial charge in [-0.25, -0.2) is 0 Å². The van der Waals surface area contributed by atoms with Crippen molar-refractivity contribution in [2.75, 3.05) is 38.3 Å². The molecular formula is C22H31NO3. The Morgan fingerprint density at radius 3 is 2.58 bits per heavy atom. The summed E-state index contributed by atoms with van der Waals surface area (Å²) in [6.07, 6.45) is 1.11. The first-order valence-corrected chi connectivity index (χ1v) is 9.50. The molecule has 2 aromatic carbocycles. The molecule has 4 heteroatoms. The summed E-state index contributed by atoms with van der Waals surface area (Å²) < 4.78 is 17.0. The van der Waals surface area contributed by atoms with Gasteiger partial charge in [-0.1, -0.05) is 38.1 Å². The summed E-state index contributed by atoms with van der Waals surface area (Å²) in [5, 5.41) is 3.38. The Balaban J connectivity index is 1.78. The largest absolute Gasteiger partial charge is 0.491 e. The van der Waals surface area contributed by atoms with Gasteiger partial charge >= 0.3 is 0 Å². The quantitative estimate of drug-likeness (QED) is 0.536. The first-order valence-electron chi connectivity index (χ1n) is 9.50. The van der Waals surface area contributed by atoms with Gasteiger partial charge in [-0.15, -0.1) is 0 Å². The minimum absolute atomic E-state index is 0.504. The predicted octanol–water partition coefficient (Wildman–Crippen LogP) is 5.11. The van der Waals surface area contributed by atoms with Crippen molar-refractivity contribution in [3.63, 3.8) is 0 Å². The zero-order valence-corrected chi connectivity index (χ0v) is 16.2. The summed E-state index contributed by atoms with van der Waals surface area (Å²) in [7, 11) is 0. The van der Waals surface area contributed by atoms with E-state index in [1.807, 2.05) is 43.3 Å². The highest BCUT2D eigenvalue weighted by Crippen LogP contribution is 2.28. The second kappa shape index (κ2) is 11.4. The molecule has 0 bridgehead atoms. The van der Waals surface area contributed by atoms with Gasteiger partial charge in [0.2, 0.25) is 0 Å². The lowest BCUT2D eigenvalue weighted by Crippen LogP contribution is -2.12. The fourth-order valence-electron chi connectivity index (χ4n) is 2.65. The zero-order valence-electron chi connectivity index (χ0n) is 16.2. The van der Waals surface area contributed by atoms with E-state index in [0.717, 1.165) is 30.2 Å². The van der Waals surface area contributed by atoms with E-state index < -0.39 is 0 Å². The maximum atomic E-state index is 5.99. The van der Waals surface area contributed by atoms with Gasteiger partial charge in [0.15, 0.2) is 0 Å². The second-order valence-electron chi connectivity index (χ2n) is 6.20. The Morgan fingerprint density at radius 1 is 0.923 bits per heavy atom. The zero-order chi connectivity index (χ0) is 18.6. The number of rotatable bonds is 12. The highest BCUT2D eigenvalue weighted by Gasteiger charge is 2.09. The van der Waals surface area contributed by atoms with E-state index in [9.17, 15) is 0 Å². The lowest BCUT2D eigenvalue weighted by atomic mass is 9.98. The van der Waals surface area contributed by atoms with E-state index >= 15 is 0 Å². The van der Waals surface area contributed by atoms with Crippen molar-refractivity contribution in [2.24, 2.45) is 0 Å². The SMILES string of the molecule is CCOCCOc1cccc(NCCOc2ccccc2[C@@H](C)CC)c1. The van der Waals surface area contributed by atoms with Crippen LogP contribution in [0.25, 0.3) is 0 Å². The van der Waals surface area contributed by atoms with Crippen molar-refractivity contribution >= 4 is 5.69 Å². The van der Waals surface area contributed by atoms with Crippen LogP contribution < -0.4 is 14.8 Å². The average molecular weight is 357 g/mol. The molecule has 0 aliphatic heterocycles. The standard InChI is InChI=1S/C22H31NO3/c1-4-18(3)21-11-6-7-12-22(21)26-14-13-23-19-9-8-10-20(17-19)25-16-15-24-5-2/h6-12,17-18,23H,4-5,13-16H2,1-3H3/t18-/m0/s1. The Bertz CT molecular complexity index is 645. The predicted molar refractivity (Wildman–Crippen MR) is 108 cm³/mol. The highest BCUT2D eigenvalue weighted by atomic mass is 16.5. The molecule has 0 spiro atoms. The summed E-state index contributed by atoms with van der Waals surface area (Å²) in [5.74, 6) is 2.33. The average Bonchev–Trinajstić information content (AvgIpc) is 2.68. The van der Waals surface area contributed by atoms with Crippen LogP contribution in [0.1, 0.15) is 38.7 Å². The third-order valence-electron chi connectivity index (χ3n) is 4.29. The van der Waals surface area contributed by atoms with Crippen molar-refractivity contribution in [3.05, 3.63) is 54.1 Å². The lowest BCUT2D eigenvalue weighted by Gasteiger charge is -2.16. The van der Waals surface area contributed by atoms with Gasteiger partial charge in [0.1, 0.15) is 24.7 Å². The third-order valence-corrected chi connectivity index (χ3v) is 4.29. The molecule has 0 fully saturated rings. The number of benzene rings is 2. The van der Waals surface area contributed by atoms with Crippen LogP contribution in [0, 0.1) is 0 Å². The van der Waals surface area contributed by atoms with E-state index in [1.165, 1.54) is 5.56 Å². The first kappa shape index (κ1) is 20.1. The van der Waals surface area contributed by atoms with Gasteiger partial charge < -0.3 is 19.5 Å². The van der Waals surface area contributed by atoms with Gasteiger partial charge in [0.25, 0.3) is 0 Å². The van der Waals surface area contributed by atoms with Crippen molar-refractivity contribution < 1.29 is 14.2 Å². The van der Waals surface area contributed by atoms with Crippen LogP contribution in [-0.4, -0.2) is 33.0 Å². The molecular weight excluding hydrogens is 326 g/mol. The molecule has 0 radical (unpaired) electrons. The minimum atomic E-state index is 0.504. The summed E-state index contributed by atoms with van der Waals surface area (Å²) in [5.41, 5.74) is 2.30. The Morgan fingerprint density at radius 2 is 1.77 bits per heavy atom. The van der Waals surface area contributed by atoms with Crippen molar-refractivity contribution in [2.45, 2.75) is 33.1 Å². The molecule has 0 aliphatic carbocycles. The molecule has 0 aromatic heterocycles. The molecule has 0 aliphatic rings. The molecule has 2 aromatic rings. The smallest absolute Gasteiger partial charge is 0.122 e. The maximum Gasteiger partial charge on any atom is 0.122 e. The van der Waals surface area contributed by atoms with Crippen molar-refractivity contribution in [1.29, 1.82) is 0 Å². The molecule has 1 N–H and O–H groups in total. The highest BCUT2D eigenvalue weighted by molar-refractivity contribution is 5.48. The van der Waals surface area contributed by atoms with Crippen LogP contribution in [0.3, 0.4) is 0 Å². The van der Waals surface area contributed by atoms with E-state index in [2.05, 4.69) is 31.3 Å². The summed E-state index contributed by atoms with van der Waals surface area (Å²) in [6.45, 7) is 9.65. The van der Waals surface area contributed by atoms with E-state index in [1.54, 1.807) is 0 Å². The first-order chi connectivity index (χ1) is 12.7. The lowest BCUT2D eigenvalue weighted by molar-refractivity contribution is 0.110. The monoisotopic (exact) mass is 357 g/mol. The topological polar surface area (TPSA) is 39.7 Å². The Labute approximate surface area is 157 Å². The number of ether oxygens (including phenoxy) is 3. The molecule has 2 rings (SSSR count). The molecule has 0 amide bonds. The molecule has 1 atom stereocenters. The summed E-state index contributed by atoms with van der Waals surface area (Å²) in [6, 6.07) is 16.3. The molecule has 0 saturated carbocycles. The Kier molecular flexibility index (Phi) is 8.84. The molecule has 142 valence electrons. The van der Waals surface area contributed by atoms with Gasteiger partial charge in [0.05, 0.1) is 6.61 Å². The number of hydrogen-bond acceptors (Lipinski definition) is 4. The van der Waals surface area contributed by atoms with Crippen LogP contribution in [-0.2, 0) is 4.74 Å². The van der Waals surface area contributed by atoms with Gasteiger partial charge in [-0.05, 0) is 43.0 Å². The fraction of sp³-hybridized carbons (Fsp3) is 0.455. The second-order valence-corrected chi connectivity index (χ2v) is 6.20. The molecule has 0 heterocycles. The number of hydrogen-bond donors (Lipinski definition) is 1. The van der Waals surface area contributed by atoms with Crippen LogP contribution in [0.2, 0.25) is 0 Å². The van der Waals surface area contributed by atoms with E-state index in [0.29, 0.717) is 32.3 Å². The summed E-state index contributed by atoms with van der Waals surface area (Å²) >= 11 is 0. The fourth-order valence-corrected chi connectivity index (χ4v) is 2.65. The normalized spacial score (nSPS) is 11.8. The molecule has 0 saturated heterocycles. The van der Waals surface area contributed by atoms with E-state index in [-0.39, 0.29) is 0 Å². The van der Waals surface area contributed by atoms with Crippen molar-refractivity contribution in [1.82, 2.24) is 0 Å². The number of nitrogens with one attached hydrogen (secondary N) is 1. The van der Waals surface area contributed by atoms with E-state index in [4.69, 9.17) is 14.2 Å². The molecule has 4 nitrogen and oxygen atoms in total. The summed E-state index contributed by atoms with van der Waals surface area (Å²) in [4.78, 5) is 0. The van der Waals surface area contributed by atoms with Crippen LogP contribution in [0.4, 0.5) is 5.69 Å². The number of anilines is 1. The van der Waals surface area contributed by atoms with Crippen LogP contribution >= 0.6 is 0 Å². The van der Waals surface area contributed by atoms with Gasteiger partial charge in [0, 0.05) is 24.9 Å². The van der Waals surface area contributed by atoms with Gasteiger partial charge in [-0.2, -0.15) is 0 Å². The van der Waals surface area contributed by atoms with Crippen LogP contribution in [0.15, 0.2) is 48.5 Å².